The molecule has 3 rings (SSSR count). The lowest BCUT2D eigenvalue weighted by atomic mass is 10.1. The molecule has 2 atom stereocenters. The number of ether oxygens (including phenoxy) is 1. The molecule has 0 aliphatic carbocycles. The van der Waals surface area contributed by atoms with Gasteiger partial charge in [0.1, 0.15) is 0 Å². The Kier molecular flexibility index (Phi) is 6.16. The number of hydrogen-bond donors (Lipinski definition) is 2. The van der Waals surface area contributed by atoms with Crippen LogP contribution in [0.25, 0.3) is 0 Å². The van der Waals surface area contributed by atoms with Gasteiger partial charge < -0.3 is 10.1 Å². The number of nitrogens with one attached hydrogen (secondary N) is 2. The second-order valence-electron chi connectivity index (χ2n) is 6.52. The summed E-state index contributed by atoms with van der Waals surface area (Å²) in [5, 5.41) is 9.61. The zero-order valence-corrected chi connectivity index (χ0v) is 15.8. The summed E-state index contributed by atoms with van der Waals surface area (Å²) in [5.74, 6) is -0.0882. The number of hydrogen-bond acceptors (Lipinski definition) is 5. The molecule has 0 saturated carbocycles. The molecule has 1 amide bonds. The smallest absolute Gasteiger partial charge is 0.344 e. The van der Waals surface area contributed by atoms with Crippen LogP contribution in [0.2, 0.25) is 0 Å². The van der Waals surface area contributed by atoms with Crippen molar-refractivity contribution in [3.8, 4) is 0 Å². The van der Waals surface area contributed by atoms with Gasteiger partial charge in [0.15, 0.2) is 5.16 Å². The van der Waals surface area contributed by atoms with Crippen molar-refractivity contribution in [1.82, 2.24) is 20.1 Å². The average Bonchev–Trinajstić information content (AvgIpc) is 3.26. The Hall–Kier alpha value is -2.06. The van der Waals surface area contributed by atoms with Crippen molar-refractivity contribution in [2.24, 2.45) is 0 Å². The molecule has 1 aliphatic rings. The van der Waals surface area contributed by atoms with Crippen molar-refractivity contribution < 1.29 is 9.53 Å². The molecule has 2 N–H and O–H groups in total. The van der Waals surface area contributed by atoms with Crippen LogP contribution < -0.4 is 11.0 Å². The number of benzene rings is 1. The highest BCUT2D eigenvalue weighted by atomic mass is 32.2. The number of carbonyl (C=O) groups is 1. The Labute approximate surface area is 156 Å². The summed E-state index contributed by atoms with van der Waals surface area (Å²) in [7, 11) is 0. The van der Waals surface area contributed by atoms with Crippen molar-refractivity contribution in [3.05, 3.63) is 45.9 Å². The molecule has 1 saturated heterocycles. The number of nitrogens with zero attached hydrogens (tertiary/aromatic N) is 2. The molecule has 2 unspecified atom stereocenters. The van der Waals surface area contributed by atoms with E-state index >= 15 is 0 Å². The van der Waals surface area contributed by atoms with E-state index in [4.69, 9.17) is 4.74 Å². The average molecular weight is 376 g/mol. The van der Waals surface area contributed by atoms with Crippen LogP contribution in [-0.4, -0.2) is 38.6 Å². The maximum atomic E-state index is 12.4. The Balaban J connectivity index is 1.56. The summed E-state index contributed by atoms with van der Waals surface area (Å²) in [4.78, 5) is 24.4. The largest absolute Gasteiger partial charge is 0.376 e. The van der Waals surface area contributed by atoms with Gasteiger partial charge in [-0.15, -0.1) is 5.10 Å². The fourth-order valence-electron chi connectivity index (χ4n) is 2.80. The zero-order valence-electron chi connectivity index (χ0n) is 15.0. The first-order valence-corrected chi connectivity index (χ1v) is 9.67. The van der Waals surface area contributed by atoms with Gasteiger partial charge >= 0.3 is 5.69 Å². The standard InChI is InChI=1S/C18H24N4O3S/c1-12-5-7-14(8-6-12)10-19-16(23)13(2)26-18-21-20-17(24)22(18)11-15-4-3-9-25-15/h5-8,13,15H,3-4,9-11H2,1-2H3,(H,19,23)(H,20,24). The van der Waals surface area contributed by atoms with E-state index in [1.807, 2.05) is 38.1 Å². The Morgan fingerprint density at radius 3 is 2.92 bits per heavy atom. The Morgan fingerprint density at radius 2 is 2.23 bits per heavy atom. The van der Waals surface area contributed by atoms with Crippen LogP contribution >= 0.6 is 11.8 Å². The van der Waals surface area contributed by atoms with Gasteiger partial charge in [-0.05, 0) is 32.3 Å². The van der Waals surface area contributed by atoms with Crippen molar-refractivity contribution in [1.29, 1.82) is 0 Å². The number of H-pyrrole nitrogens is 1. The van der Waals surface area contributed by atoms with Gasteiger partial charge in [-0.3, -0.25) is 9.36 Å². The normalized spacial score (nSPS) is 18.0. The van der Waals surface area contributed by atoms with Gasteiger partial charge in [0.05, 0.1) is 17.9 Å². The van der Waals surface area contributed by atoms with Crippen LogP contribution in [0.3, 0.4) is 0 Å². The van der Waals surface area contributed by atoms with Crippen LogP contribution in [0.1, 0.15) is 30.9 Å². The van der Waals surface area contributed by atoms with E-state index in [9.17, 15) is 9.59 Å². The van der Waals surface area contributed by atoms with Gasteiger partial charge in [-0.1, -0.05) is 41.6 Å². The lowest BCUT2D eigenvalue weighted by Gasteiger charge is -2.14. The Morgan fingerprint density at radius 1 is 1.46 bits per heavy atom. The number of thioether (sulfide) groups is 1. The number of rotatable bonds is 7. The molecule has 2 heterocycles. The number of aromatic amines is 1. The monoisotopic (exact) mass is 376 g/mol. The highest BCUT2D eigenvalue weighted by molar-refractivity contribution is 8.00. The molecular formula is C18H24N4O3S. The number of aromatic nitrogens is 3. The van der Waals surface area contributed by atoms with Crippen molar-refractivity contribution in [2.75, 3.05) is 6.61 Å². The van der Waals surface area contributed by atoms with Crippen molar-refractivity contribution in [2.45, 2.75) is 56.3 Å². The zero-order chi connectivity index (χ0) is 18.5. The molecule has 140 valence electrons. The minimum absolute atomic E-state index is 0.0373. The van der Waals surface area contributed by atoms with E-state index in [0.29, 0.717) is 18.2 Å². The second kappa shape index (κ2) is 8.55. The maximum Gasteiger partial charge on any atom is 0.344 e. The topological polar surface area (TPSA) is 89.0 Å². The molecule has 0 radical (unpaired) electrons. The molecule has 1 aliphatic heterocycles. The van der Waals surface area contributed by atoms with Crippen LogP contribution in [0.4, 0.5) is 0 Å². The summed E-state index contributed by atoms with van der Waals surface area (Å²) >= 11 is 1.27. The van der Waals surface area contributed by atoms with Crippen LogP contribution in [0.5, 0.6) is 0 Å². The van der Waals surface area contributed by atoms with E-state index in [2.05, 4.69) is 15.5 Å². The van der Waals surface area contributed by atoms with Crippen LogP contribution in [0, 0.1) is 6.92 Å². The highest BCUT2D eigenvalue weighted by Gasteiger charge is 2.22. The summed E-state index contributed by atoms with van der Waals surface area (Å²) < 4.78 is 7.15. The fraction of sp³-hybridized carbons (Fsp3) is 0.500. The van der Waals surface area contributed by atoms with E-state index in [1.165, 1.54) is 17.3 Å². The summed E-state index contributed by atoms with van der Waals surface area (Å²) in [5.41, 5.74) is 1.97. The van der Waals surface area contributed by atoms with Crippen molar-refractivity contribution in [3.63, 3.8) is 0 Å². The Bertz CT molecular complexity index is 794. The van der Waals surface area contributed by atoms with Gasteiger partial charge in [-0.25, -0.2) is 9.89 Å². The molecule has 0 bridgehead atoms. The van der Waals surface area contributed by atoms with Gasteiger partial charge in [-0.2, -0.15) is 0 Å². The van der Waals surface area contributed by atoms with Gasteiger partial charge in [0.25, 0.3) is 0 Å². The van der Waals surface area contributed by atoms with Gasteiger partial charge in [0.2, 0.25) is 5.91 Å². The molecule has 1 aromatic carbocycles. The van der Waals surface area contributed by atoms with E-state index in [1.54, 1.807) is 4.57 Å². The fourth-order valence-corrected chi connectivity index (χ4v) is 3.69. The first-order valence-electron chi connectivity index (χ1n) is 8.79. The number of aryl methyl sites for hydroxylation is 1. The third-order valence-electron chi connectivity index (χ3n) is 4.37. The molecule has 26 heavy (non-hydrogen) atoms. The molecule has 2 aromatic rings. The minimum atomic E-state index is -0.362. The highest BCUT2D eigenvalue weighted by Crippen LogP contribution is 2.22. The molecule has 7 nitrogen and oxygen atoms in total. The molecule has 1 aromatic heterocycles. The third kappa shape index (κ3) is 4.76. The summed E-state index contributed by atoms with van der Waals surface area (Å²) in [6.07, 6.45) is 1.99. The third-order valence-corrected chi connectivity index (χ3v) is 5.46. The first kappa shape index (κ1) is 18.7. The minimum Gasteiger partial charge on any atom is -0.376 e. The van der Waals surface area contributed by atoms with Gasteiger partial charge in [0, 0.05) is 13.2 Å². The maximum absolute atomic E-state index is 12.4. The first-order chi connectivity index (χ1) is 12.5. The number of amides is 1. The van der Waals surface area contributed by atoms with E-state index in [-0.39, 0.29) is 23.0 Å². The van der Waals surface area contributed by atoms with Crippen LogP contribution in [0.15, 0.2) is 34.2 Å². The lowest BCUT2D eigenvalue weighted by Crippen LogP contribution is -2.31. The quantitative estimate of drug-likeness (QED) is 0.720. The molecule has 1 fully saturated rings. The van der Waals surface area contributed by atoms with E-state index < -0.39 is 0 Å². The molecule has 8 heteroatoms. The SMILES string of the molecule is Cc1ccc(CNC(=O)C(C)Sc2n[nH]c(=O)n2CC2CCCO2)cc1. The van der Waals surface area contributed by atoms with Crippen molar-refractivity contribution >= 4 is 17.7 Å². The summed E-state index contributed by atoms with van der Waals surface area (Å²) in [6, 6.07) is 8.04. The van der Waals surface area contributed by atoms with E-state index in [0.717, 1.165) is 25.0 Å². The molecule has 0 spiro atoms. The lowest BCUT2D eigenvalue weighted by molar-refractivity contribution is -0.120. The summed E-state index contributed by atoms with van der Waals surface area (Å²) in [6.45, 7) is 5.52. The predicted octanol–water partition coefficient (Wildman–Crippen LogP) is 1.86. The van der Waals surface area contributed by atoms with Crippen LogP contribution in [-0.2, 0) is 22.6 Å². The predicted molar refractivity (Wildman–Crippen MR) is 100 cm³/mol. The second-order valence-corrected chi connectivity index (χ2v) is 7.83. The number of carbonyl (C=O) groups excluding carboxylic acids is 1. The molecular weight excluding hydrogens is 352 g/mol.